The lowest BCUT2D eigenvalue weighted by molar-refractivity contribution is -0.117. The highest BCUT2D eigenvalue weighted by Crippen LogP contribution is 2.32. The maximum Gasteiger partial charge on any atom is 0.410 e. The van der Waals surface area contributed by atoms with Crippen LogP contribution >= 0.6 is 0 Å². The van der Waals surface area contributed by atoms with Crippen LogP contribution < -0.4 is 0 Å². The summed E-state index contributed by atoms with van der Waals surface area (Å²) in [5.41, 5.74) is -0.997. The molecule has 1 fully saturated rings. The van der Waals surface area contributed by atoms with Gasteiger partial charge in [-0.1, -0.05) is 13.8 Å². The molecule has 0 radical (unpaired) electrons. The van der Waals surface area contributed by atoms with Crippen LogP contribution in [-0.2, 0) is 9.53 Å². The number of hydrogen-bond acceptors (Lipinski definition) is 3. The first-order valence-electron chi connectivity index (χ1n) is 6.13. The number of carbonyl (C=O) groups excluding carboxylic acids is 2. The van der Waals surface area contributed by atoms with Crippen LogP contribution in [0.3, 0.4) is 0 Å². The molecule has 0 aliphatic carbocycles. The van der Waals surface area contributed by atoms with Gasteiger partial charge >= 0.3 is 6.09 Å². The van der Waals surface area contributed by atoms with Gasteiger partial charge in [0.05, 0.1) is 0 Å². The van der Waals surface area contributed by atoms with Crippen molar-refractivity contribution in [3.63, 3.8) is 0 Å². The van der Waals surface area contributed by atoms with E-state index in [1.807, 2.05) is 34.6 Å². The van der Waals surface area contributed by atoms with Crippen molar-refractivity contribution in [2.45, 2.75) is 59.1 Å². The number of amides is 1. The van der Waals surface area contributed by atoms with E-state index in [0.29, 0.717) is 6.54 Å². The van der Waals surface area contributed by atoms with Crippen molar-refractivity contribution in [3.05, 3.63) is 0 Å². The number of rotatable bonds is 2. The van der Waals surface area contributed by atoms with E-state index in [-0.39, 0.29) is 12.1 Å². The molecule has 1 atom stereocenters. The molecule has 4 nitrogen and oxygen atoms in total. The second-order valence-corrected chi connectivity index (χ2v) is 6.27. The molecule has 1 unspecified atom stereocenters. The second kappa shape index (κ2) is 4.67. The molecule has 0 bridgehead atoms. The third-order valence-electron chi connectivity index (χ3n) is 3.04. The zero-order valence-electron chi connectivity index (χ0n) is 11.4. The van der Waals surface area contributed by atoms with Crippen molar-refractivity contribution in [1.82, 2.24) is 4.90 Å². The SMILES string of the molecule is CC(C)(C)OC(=O)N1CCCC1C(C)(C)C=O. The van der Waals surface area contributed by atoms with Crippen LogP contribution in [0.1, 0.15) is 47.5 Å². The molecule has 1 amide bonds. The van der Waals surface area contributed by atoms with Gasteiger partial charge in [-0.25, -0.2) is 4.79 Å². The lowest BCUT2D eigenvalue weighted by Crippen LogP contribution is -2.46. The summed E-state index contributed by atoms with van der Waals surface area (Å²) >= 11 is 0. The molecule has 0 spiro atoms. The van der Waals surface area contributed by atoms with E-state index in [2.05, 4.69) is 0 Å². The van der Waals surface area contributed by atoms with Crippen molar-refractivity contribution in [2.24, 2.45) is 5.41 Å². The number of aldehydes is 1. The normalized spacial score (nSPS) is 21.5. The summed E-state index contributed by atoms with van der Waals surface area (Å²) in [6.07, 6.45) is 2.42. The maximum atomic E-state index is 12.0. The van der Waals surface area contributed by atoms with Crippen LogP contribution in [0.2, 0.25) is 0 Å². The molecule has 0 aromatic rings. The number of hydrogen-bond donors (Lipinski definition) is 0. The summed E-state index contributed by atoms with van der Waals surface area (Å²) in [6.45, 7) is 9.96. The van der Waals surface area contributed by atoms with Crippen molar-refractivity contribution < 1.29 is 14.3 Å². The van der Waals surface area contributed by atoms with Crippen molar-refractivity contribution >= 4 is 12.4 Å². The molecule has 98 valence electrons. The van der Waals surface area contributed by atoms with Gasteiger partial charge in [0.25, 0.3) is 0 Å². The van der Waals surface area contributed by atoms with Gasteiger partial charge in [-0.15, -0.1) is 0 Å². The first-order chi connectivity index (χ1) is 7.67. The molecule has 17 heavy (non-hydrogen) atoms. The largest absolute Gasteiger partial charge is 0.444 e. The Bertz CT molecular complexity index is 304. The summed E-state index contributed by atoms with van der Waals surface area (Å²) in [7, 11) is 0. The van der Waals surface area contributed by atoms with Gasteiger partial charge in [0.1, 0.15) is 11.9 Å². The minimum atomic E-state index is -0.507. The molecular formula is C13H23NO3. The minimum absolute atomic E-state index is 0.0464. The van der Waals surface area contributed by atoms with Crippen molar-refractivity contribution in [3.8, 4) is 0 Å². The van der Waals surface area contributed by atoms with E-state index < -0.39 is 11.0 Å². The fraction of sp³-hybridized carbons (Fsp3) is 0.846. The highest BCUT2D eigenvalue weighted by atomic mass is 16.6. The summed E-state index contributed by atoms with van der Waals surface area (Å²) < 4.78 is 5.36. The quantitative estimate of drug-likeness (QED) is 0.698. The van der Waals surface area contributed by atoms with Crippen LogP contribution in [0.4, 0.5) is 4.79 Å². The van der Waals surface area contributed by atoms with Gasteiger partial charge in [0.15, 0.2) is 0 Å². The molecule has 1 aliphatic heterocycles. The molecule has 1 heterocycles. The molecule has 1 aliphatic rings. The van der Waals surface area contributed by atoms with E-state index in [0.717, 1.165) is 19.1 Å². The van der Waals surface area contributed by atoms with Gasteiger partial charge in [0.2, 0.25) is 0 Å². The van der Waals surface area contributed by atoms with Gasteiger partial charge in [0, 0.05) is 18.0 Å². The molecule has 0 aromatic heterocycles. The fourth-order valence-electron chi connectivity index (χ4n) is 2.16. The van der Waals surface area contributed by atoms with Crippen LogP contribution in [-0.4, -0.2) is 35.5 Å². The molecular weight excluding hydrogens is 218 g/mol. The molecule has 0 N–H and O–H groups in total. The first-order valence-corrected chi connectivity index (χ1v) is 6.13. The van der Waals surface area contributed by atoms with Gasteiger partial charge in [-0.2, -0.15) is 0 Å². The van der Waals surface area contributed by atoms with Gasteiger partial charge < -0.3 is 14.4 Å². The predicted molar refractivity (Wildman–Crippen MR) is 65.8 cm³/mol. The van der Waals surface area contributed by atoms with Crippen LogP contribution in [0.5, 0.6) is 0 Å². The summed E-state index contributed by atoms with van der Waals surface area (Å²) in [5.74, 6) is 0. The Kier molecular flexibility index (Phi) is 3.84. The topological polar surface area (TPSA) is 46.6 Å². The average Bonchev–Trinajstić information content (AvgIpc) is 2.63. The fourth-order valence-corrected chi connectivity index (χ4v) is 2.16. The summed E-state index contributed by atoms with van der Waals surface area (Å²) in [5, 5.41) is 0. The third-order valence-corrected chi connectivity index (χ3v) is 3.04. The lowest BCUT2D eigenvalue weighted by Gasteiger charge is -2.34. The number of ether oxygens (including phenoxy) is 1. The second-order valence-electron chi connectivity index (χ2n) is 6.27. The summed E-state index contributed by atoms with van der Waals surface area (Å²) in [6, 6.07) is -0.0464. The van der Waals surface area contributed by atoms with E-state index in [9.17, 15) is 9.59 Å². The standard InChI is InChI=1S/C13H23NO3/c1-12(2,3)17-11(16)14-8-6-7-10(14)13(4,5)9-15/h9-10H,6-8H2,1-5H3. The smallest absolute Gasteiger partial charge is 0.410 e. The minimum Gasteiger partial charge on any atom is -0.444 e. The Morgan fingerprint density at radius 3 is 2.35 bits per heavy atom. The average molecular weight is 241 g/mol. The van der Waals surface area contributed by atoms with E-state index >= 15 is 0 Å². The van der Waals surface area contributed by atoms with E-state index in [1.165, 1.54) is 0 Å². The highest BCUT2D eigenvalue weighted by molar-refractivity contribution is 5.71. The Morgan fingerprint density at radius 1 is 1.29 bits per heavy atom. The Labute approximate surface area is 103 Å². The van der Waals surface area contributed by atoms with Crippen LogP contribution in [0, 0.1) is 5.41 Å². The monoisotopic (exact) mass is 241 g/mol. The molecule has 0 saturated carbocycles. The predicted octanol–water partition coefficient (Wildman–Crippen LogP) is 2.61. The van der Waals surface area contributed by atoms with Crippen molar-refractivity contribution in [1.29, 1.82) is 0 Å². The van der Waals surface area contributed by atoms with Crippen molar-refractivity contribution in [2.75, 3.05) is 6.54 Å². The number of nitrogens with zero attached hydrogens (tertiary/aromatic N) is 1. The molecule has 1 saturated heterocycles. The Balaban J connectivity index is 2.76. The lowest BCUT2D eigenvalue weighted by atomic mass is 9.84. The van der Waals surface area contributed by atoms with Crippen LogP contribution in [0.15, 0.2) is 0 Å². The first kappa shape index (κ1) is 14.0. The van der Waals surface area contributed by atoms with Gasteiger partial charge in [-0.05, 0) is 33.6 Å². The number of carbonyl (C=O) groups is 2. The zero-order chi connectivity index (χ0) is 13.3. The molecule has 4 heteroatoms. The van der Waals surface area contributed by atoms with Gasteiger partial charge in [-0.3, -0.25) is 0 Å². The van der Waals surface area contributed by atoms with E-state index in [4.69, 9.17) is 4.74 Å². The zero-order valence-corrected chi connectivity index (χ0v) is 11.4. The molecule has 1 rings (SSSR count). The maximum absolute atomic E-state index is 12.0. The summed E-state index contributed by atoms with van der Waals surface area (Å²) in [4.78, 5) is 24.8. The van der Waals surface area contributed by atoms with E-state index in [1.54, 1.807) is 4.90 Å². The Hall–Kier alpha value is -1.06. The number of likely N-dealkylation sites (tertiary alicyclic amines) is 1. The highest BCUT2D eigenvalue weighted by Gasteiger charge is 2.41. The Morgan fingerprint density at radius 2 is 1.88 bits per heavy atom. The third kappa shape index (κ3) is 3.45. The van der Waals surface area contributed by atoms with Crippen LogP contribution in [0.25, 0.3) is 0 Å². The molecule has 0 aromatic carbocycles.